The number of ether oxygens (including phenoxy) is 1. The third-order valence-corrected chi connectivity index (χ3v) is 5.90. The molecule has 1 fully saturated rings. The Labute approximate surface area is 214 Å². The van der Waals surface area contributed by atoms with Gasteiger partial charge < -0.3 is 20.3 Å². The number of fused-ring (bicyclic) bond motifs is 1. The first-order valence-corrected chi connectivity index (χ1v) is 12.4. The molecular weight excluding hydrogens is 478 g/mol. The Morgan fingerprint density at radius 2 is 1.86 bits per heavy atom. The molecule has 0 aromatic carbocycles. The molecule has 196 valence electrons. The van der Waals surface area contributed by atoms with Crippen LogP contribution in [0.3, 0.4) is 0 Å². The fourth-order valence-electron chi connectivity index (χ4n) is 3.98. The van der Waals surface area contributed by atoms with Crippen molar-refractivity contribution in [1.29, 1.82) is 0 Å². The van der Waals surface area contributed by atoms with E-state index in [1.54, 1.807) is 23.9 Å². The summed E-state index contributed by atoms with van der Waals surface area (Å²) in [6.45, 7) is 6.12. The van der Waals surface area contributed by atoms with Crippen LogP contribution in [0, 0.1) is 0 Å². The van der Waals surface area contributed by atoms with Gasteiger partial charge in [-0.25, -0.2) is 28.2 Å². The Hall–Kier alpha value is -3.86. The molecule has 0 aliphatic carbocycles. The normalized spacial score (nSPS) is 15.1. The molecule has 0 unspecified atom stereocenters. The molecule has 0 radical (unpaired) electrons. The van der Waals surface area contributed by atoms with E-state index in [4.69, 9.17) is 9.72 Å². The van der Waals surface area contributed by atoms with Crippen LogP contribution >= 0.6 is 0 Å². The van der Waals surface area contributed by atoms with Crippen molar-refractivity contribution in [3.63, 3.8) is 0 Å². The van der Waals surface area contributed by atoms with Crippen LogP contribution in [-0.2, 0) is 0 Å². The molecule has 5 heterocycles. The number of halogens is 2. The Kier molecular flexibility index (Phi) is 8.44. The fourth-order valence-corrected chi connectivity index (χ4v) is 3.98. The quantitative estimate of drug-likeness (QED) is 0.338. The summed E-state index contributed by atoms with van der Waals surface area (Å²) >= 11 is 0. The van der Waals surface area contributed by atoms with E-state index in [1.807, 2.05) is 61.3 Å². The van der Waals surface area contributed by atoms with Gasteiger partial charge in [0.25, 0.3) is 5.92 Å². The molecule has 1 aliphatic rings. The summed E-state index contributed by atoms with van der Waals surface area (Å²) in [6.07, 6.45) is 3.39. The van der Waals surface area contributed by atoms with Gasteiger partial charge in [0, 0.05) is 69.2 Å². The second-order valence-electron chi connectivity index (χ2n) is 8.37. The molecular formula is C26H32F2N8O. The molecule has 0 bridgehead atoms. The molecule has 37 heavy (non-hydrogen) atoms. The molecule has 0 atom stereocenters. The van der Waals surface area contributed by atoms with Gasteiger partial charge in [-0.3, -0.25) is 0 Å². The lowest BCUT2D eigenvalue weighted by molar-refractivity contribution is -0.0543. The fraction of sp³-hybridized carbons (Fsp3) is 0.385. The molecule has 0 spiro atoms. The smallest absolute Gasteiger partial charge is 0.250 e. The molecule has 5 rings (SSSR count). The zero-order valence-corrected chi connectivity index (χ0v) is 21.3. The van der Waals surface area contributed by atoms with Gasteiger partial charge in [0.2, 0.25) is 11.7 Å². The number of methoxy groups -OCH3 is 1. The molecule has 9 nitrogen and oxygen atoms in total. The SMILES string of the molecule is CC.COc1cccc(-c2nc(Nc3ccnc(NCCN4CCC(F)(F)CC4)c3)c3cccn3n2)n1. The zero-order valence-electron chi connectivity index (χ0n) is 21.3. The van der Waals surface area contributed by atoms with Crippen molar-refractivity contribution in [1.82, 2.24) is 29.5 Å². The Morgan fingerprint density at radius 1 is 1.05 bits per heavy atom. The number of aromatic nitrogens is 5. The third-order valence-electron chi connectivity index (χ3n) is 5.90. The summed E-state index contributed by atoms with van der Waals surface area (Å²) in [6, 6.07) is 13.0. The van der Waals surface area contributed by atoms with Crippen molar-refractivity contribution in [3.8, 4) is 17.4 Å². The van der Waals surface area contributed by atoms with Gasteiger partial charge in [-0.15, -0.1) is 5.10 Å². The van der Waals surface area contributed by atoms with Crippen molar-refractivity contribution in [2.45, 2.75) is 32.6 Å². The molecule has 2 N–H and O–H groups in total. The first-order chi connectivity index (χ1) is 18.0. The standard InChI is InChI=1S/C24H26F2N8O.C2H6/c1-35-21-6-2-4-18(30-21)22-31-23(19-5-3-12-34(19)32-22)29-17-7-10-27-20(16-17)28-11-15-33-13-8-24(25,26)9-14-33;1-2/h2-7,10,12,16H,8-9,11,13-15H2,1H3,(H2,27,28,29,31,32);1-2H3. The largest absolute Gasteiger partial charge is 0.481 e. The summed E-state index contributed by atoms with van der Waals surface area (Å²) in [5.74, 6) is -0.283. The van der Waals surface area contributed by atoms with E-state index in [0.29, 0.717) is 55.2 Å². The maximum atomic E-state index is 13.3. The lowest BCUT2D eigenvalue weighted by atomic mass is 10.1. The number of nitrogens with zero attached hydrogens (tertiary/aromatic N) is 6. The van der Waals surface area contributed by atoms with Crippen LogP contribution in [0.1, 0.15) is 26.7 Å². The van der Waals surface area contributed by atoms with Crippen LogP contribution in [0.15, 0.2) is 54.9 Å². The van der Waals surface area contributed by atoms with Crippen LogP contribution < -0.4 is 15.4 Å². The van der Waals surface area contributed by atoms with E-state index < -0.39 is 5.92 Å². The predicted molar refractivity (Wildman–Crippen MR) is 141 cm³/mol. The van der Waals surface area contributed by atoms with Crippen molar-refractivity contribution < 1.29 is 13.5 Å². The average Bonchev–Trinajstić information content (AvgIpc) is 3.40. The summed E-state index contributed by atoms with van der Waals surface area (Å²) in [5, 5.41) is 11.2. The van der Waals surface area contributed by atoms with Crippen LogP contribution in [0.4, 0.5) is 26.1 Å². The highest BCUT2D eigenvalue weighted by molar-refractivity contribution is 5.75. The highest BCUT2D eigenvalue weighted by atomic mass is 19.3. The highest BCUT2D eigenvalue weighted by Gasteiger charge is 2.33. The van der Waals surface area contributed by atoms with Gasteiger partial charge in [0.15, 0.2) is 5.82 Å². The molecule has 0 amide bonds. The Bertz CT molecular complexity index is 1300. The van der Waals surface area contributed by atoms with Crippen LogP contribution in [0.5, 0.6) is 5.88 Å². The number of rotatable bonds is 8. The topological polar surface area (TPSA) is 92.5 Å². The number of anilines is 3. The van der Waals surface area contributed by atoms with Crippen LogP contribution in [-0.4, -0.2) is 68.7 Å². The predicted octanol–water partition coefficient (Wildman–Crippen LogP) is 5.11. The molecule has 4 aromatic heterocycles. The lowest BCUT2D eigenvalue weighted by Gasteiger charge is -2.31. The van der Waals surface area contributed by atoms with Crippen molar-refractivity contribution in [3.05, 3.63) is 54.9 Å². The molecule has 1 aliphatic heterocycles. The van der Waals surface area contributed by atoms with Gasteiger partial charge in [-0.1, -0.05) is 19.9 Å². The van der Waals surface area contributed by atoms with Gasteiger partial charge in [-0.2, -0.15) is 0 Å². The molecule has 4 aromatic rings. The molecule has 1 saturated heterocycles. The van der Waals surface area contributed by atoms with E-state index >= 15 is 0 Å². The van der Waals surface area contributed by atoms with E-state index in [-0.39, 0.29) is 12.8 Å². The highest BCUT2D eigenvalue weighted by Crippen LogP contribution is 2.28. The Morgan fingerprint density at radius 3 is 2.65 bits per heavy atom. The minimum Gasteiger partial charge on any atom is -0.481 e. The number of piperidine rings is 1. The summed E-state index contributed by atoms with van der Waals surface area (Å²) < 4.78 is 33.7. The number of pyridine rings is 2. The number of alkyl halides is 2. The van der Waals surface area contributed by atoms with E-state index in [9.17, 15) is 8.78 Å². The van der Waals surface area contributed by atoms with E-state index in [1.165, 1.54) is 0 Å². The number of likely N-dealkylation sites (tertiary alicyclic amines) is 1. The van der Waals surface area contributed by atoms with Crippen molar-refractivity contribution in [2.24, 2.45) is 0 Å². The van der Waals surface area contributed by atoms with Crippen molar-refractivity contribution >= 4 is 22.8 Å². The second-order valence-corrected chi connectivity index (χ2v) is 8.37. The average molecular weight is 511 g/mol. The summed E-state index contributed by atoms with van der Waals surface area (Å²) in [5.41, 5.74) is 2.20. The maximum Gasteiger partial charge on any atom is 0.250 e. The second kappa shape index (κ2) is 11.9. The van der Waals surface area contributed by atoms with Gasteiger partial charge >= 0.3 is 0 Å². The number of hydrogen-bond acceptors (Lipinski definition) is 8. The van der Waals surface area contributed by atoms with Gasteiger partial charge in [0.05, 0.1) is 7.11 Å². The first-order valence-electron chi connectivity index (χ1n) is 12.4. The molecule has 11 heteroatoms. The monoisotopic (exact) mass is 510 g/mol. The minimum atomic E-state index is -2.53. The van der Waals surface area contributed by atoms with Crippen LogP contribution in [0.25, 0.3) is 17.0 Å². The van der Waals surface area contributed by atoms with E-state index in [0.717, 1.165) is 11.2 Å². The number of nitrogens with one attached hydrogen (secondary N) is 2. The van der Waals surface area contributed by atoms with E-state index in [2.05, 4.69) is 25.7 Å². The minimum absolute atomic E-state index is 0.0783. The summed E-state index contributed by atoms with van der Waals surface area (Å²) in [7, 11) is 1.56. The Balaban J connectivity index is 0.00000156. The van der Waals surface area contributed by atoms with Crippen molar-refractivity contribution in [2.75, 3.05) is 43.9 Å². The van der Waals surface area contributed by atoms with Gasteiger partial charge in [-0.05, 0) is 24.3 Å². The van der Waals surface area contributed by atoms with Gasteiger partial charge in [0.1, 0.15) is 17.0 Å². The first kappa shape index (κ1) is 26.2. The summed E-state index contributed by atoms with van der Waals surface area (Å²) in [4.78, 5) is 15.6. The van der Waals surface area contributed by atoms with Crippen LogP contribution in [0.2, 0.25) is 0 Å². The lowest BCUT2D eigenvalue weighted by Crippen LogP contribution is -2.41. The number of hydrogen-bond donors (Lipinski definition) is 2. The third kappa shape index (κ3) is 6.67. The molecule has 0 saturated carbocycles. The zero-order chi connectivity index (χ0) is 26.3. The maximum absolute atomic E-state index is 13.3.